The van der Waals surface area contributed by atoms with Crippen molar-refractivity contribution >= 4 is 11.0 Å². The predicted molar refractivity (Wildman–Crippen MR) is 59.5 cm³/mol. The predicted octanol–water partition coefficient (Wildman–Crippen LogP) is 1.47. The van der Waals surface area contributed by atoms with Crippen LogP contribution in [0, 0.1) is 6.92 Å². The zero-order valence-electron chi connectivity index (χ0n) is 8.85. The molecule has 1 aromatic carbocycles. The maximum absolute atomic E-state index is 4.49. The Labute approximate surface area is 88.5 Å². The number of aryl methyl sites for hydroxylation is 1. The van der Waals surface area contributed by atoms with Crippen molar-refractivity contribution in [2.45, 2.75) is 19.8 Å². The van der Waals surface area contributed by atoms with Gasteiger partial charge in [-0.2, -0.15) is 0 Å². The van der Waals surface area contributed by atoms with Crippen molar-refractivity contribution in [2.24, 2.45) is 0 Å². The Bertz CT molecular complexity index is 482. The Balaban J connectivity index is 2.05. The van der Waals surface area contributed by atoms with Crippen molar-refractivity contribution in [3.63, 3.8) is 0 Å². The Morgan fingerprint density at radius 3 is 2.60 bits per heavy atom. The first-order chi connectivity index (χ1) is 7.33. The molecule has 0 aliphatic carbocycles. The second-order valence-corrected chi connectivity index (χ2v) is 4.12. The molecule has 4 nitrogen and oxygen atoms in total. The molecule has 0 bridgehead atoms. The Morgan fingerprint density at radius 1 is 1.07 bits per heavy atom. The zero-order chi connectivity index (χ0) is 10.3. The van der Waals surface area contributed by atoms with Crippen LogP contribution in [-0.4, -0.2) is 28.2 Å². The molecule has 78 valence electrons. The summed E-state index contributed by atoms with van der Waals surface area (Å²) < 4.78 is 0. The second-order valence-electron chi connectivity index (χ2n) is 4.12. The average molecular weight is 202 g/mol. The summed E-state index contributed by atoms with van der Waals surface area (Å²) >= 11 is 0. The lowest BCUT2D eigenvalue weighted by atomic mass is 10.2. The number of rotatable bonds is 1. The van der Waals surface area contributed by atoms with Gasteiger partial charge in [-0.3, -0.25) is 5.01 Å². The van der Waals surface area contributed by atoms with Crippen LogP contribution in [0.4, 0.5) is 0 Å². The van der Waals surface area contributed by atoms with Gasteiger partial charge < -0.3 is 0 Å². The number of hydrogen-bond acceptors (Lipinski definition) is 3. The fraction of sp³-hybridized carbons (Fsp3) is 0.455. The van der Waals surface area contributed by atoms with Crippen molar-refractivity contribution in [3.8, 4) is 0 Å². The van der Waals surface area contributed by atoms with E-state index in [4.69, 9.17) is 0 Å². The van der Waals surface area contributed by atoms with Gasteiger partial charge in [-0.15, -0.1) is 10.2 Å². The molecule has 0 unspecified atom stereocenters. The Kier molecular flexibility index (Phi) is 1.87. The first-order valence-electron chi connectivity index (χ1n) is 5.42. The summed E-state index contributed by atoms with van der Waals surface area (Å²) in [5.41, 5.74) is 3.20. The molecule has 1 aliphatic rings. The van der Waals surface area contributed by atoms with Gasteiger partial charge in [-0.1, -0.05) is 11.0 Å². The summed E-state index contributed by atoms with van der Waals surface area (Å²) in [6.07, 6.45) is 2.49. The Morgan fingerprint density at radius 2 is 1.80 bits per heavy atom. The van der Waals surface area contributed by atoms with E-state index >= 15 is 0 Å². The molecule has 1 saturated heterocycles. The summed E-state index contributed by atoms with van der Waals surface area (Å²) in [5, 5.41) is 11.1. The van der Waals surface area contributed by atoms with Crippen LogP contribution in [0.2, 0.25) is 0 Å². The van der Waals surface area contributed by atoms with Gasteiger partial charge in [-0.05, 0) is 37.5 Å². The van der Waals surface area contributed by atoms with Crippen molar-refractivity contribution in [1.29, 1.82) is 0 Å². The summed E-state index contributed by atoms with van der Waals surface area (Å²) in [6, 6.07) is 6.18. The third-order valence-electron chi connectivity index (χ3n) is 2.86. The minimum absolute atomic E-state index is 0.979. The van der Waals surface area contributed by atoms with Gasteiger partial charge in [0.25, 0.3) is 0 Å². The van der Waals surface area contributed by atoms with Gasteiger partial charge in [0.05, 0.1) is 0 Å². The number of benzene rings is 1. The van der Waals surface area contributed by atoms with Gasteiger partial charge >= 0.3 is 0 Å². The third kappa shape index (κ3) is 1.46. The number of nitrogens with zero attached hydrogens (tertiary/aromatic N) is 4. The first kappa shape index (κ1) is 8.71. The molecule has 0 spiro atoms. The molecule has 4 heteroatoms. The van der Waals surface area contributed by atoms with Gasteiger partial charge in [0.2, 0.25) is 0 Å². The van der Waals surface area contributed by atoms with Gasteiger partial charge in [0.15, 0.2) is 0 Å². The molecule has 1 aromatic heterocycles. The molecule has 1 fully saturated rings. The standard InChI is InChI=1S/C11H14N4/c1-9-4-5-10-11(8-9)13-15(12-10)14-6-2-3-7-14/h4-5,8H,2-3,6-7H2,1H3. The third-order valence-corrected chi connectivity index (χ3v) is 2.86. The highest BCUT2D eigenvalue weighted by Crippen LogP contribution is 2.12. The molecule has 3 rings (SSSR count). The van der Waals surface area contributed by atoms with Crippen LogP contribution in [0.1, 0.15) is 18.4 Å². The van der Waals surface area contributed by atoms with E-state index in [9.17, 15) is 0 Å². The van der Waals surface area contributed by atoms with Crippen LogP contribution in [0.15, 0.2) is 18.2 Å². The molecule has 15 heavy (non-hydrogen) atoms. The molecule has 2 heterocycles. The van der Waals surface area contributed by atoms with Crippen LogP contribution >= 0.6 is 0 Å². The lowest BCUT2D eigenvalue weighted by Crippen LogP contribution is -2.33. The van der Waals surface area contributed by atoms with E-state index in [1.165, 1.54) is 18.4 Å². The number of fused-ring (bicyclic) bond motifs is 1. The SMILES string of the molecule is Cc1ccc2nn(N3CCCC3)nc2c1. The maximum Gasteiger partial charge on any atom is 0.115 e. The quantitative estimate of drug-likeness (QED) is 0.702. The highest BCUT2D eigenvalue weighted by Gasteiger charge is 2.14. The molecule has 0 saturated carbocycles. The smallest absolute Gasteiger partial charge is 0.115 e. The second kappa shape index (κ2) is 3.22. The largest absolute Gasteiger partial charge is 0.280 e. The van der Waals surface area contributed by atoms with E-state index in [1.807, 2.05) is 6.07 Å². The van der Waals surface area contributed by atoms with E-state index < -0.39 is 0 Å². The number of aromatic nitrogens is 3. The highest BCUT2D eigenvalue weighted by atomic mass is 15.8. The first-order valence-corrected chi connectivity index (χ1v) is 5.42. The minimum atomic E-state index is 0.979. The lowest BCUT2D eigenvalue weighted by Gasteiger charge is -2.13. The van der Waals surface area contributed by atoms with Gasteiger partial charge in [0, 0.05) is 13.1 Å². The lowest BCUT2D eigenvalue weighted by molar-refractivity contribution is 0.524. The van der Waals surface area contributed by atoms with Crippen LogP contribution in [0.5, 0.6) is 0 Å². The topological polar surface area (TPSA) is 34.0 Å². The fourth-order valence-corrected chi connectivity index (χ4v) is 2.02. The highest BCUT2D eigenvalue weighted by molar-refractivity contribution is 5.74. The summed E-state index contributed by atoms with van der Waals surface area (Å²) in [4.78, 5) is 1.76. The molecule has 0 radical (unpaired) electrons. The molecule has 1 aliphatic heterocycles. The molecular formula is C11H14N4. The van der Waals surface area contributed by atoms with E-state index in [0.29, 0.717) is 0 Å². The van der Waals surface area contributed by atoms with Gasteiger partial charge in [-0.25, -0.2) is 0 Å². The summed E-state index contributed by atoms with van der Waals surface area (Å²) in [6.45, 7) is 4.22. The molecule has 0 atom stereocenters. The molecular weight excluding hydrogens is 188 g/mol. The molecule has 2 aromatic rings. The van der Waals surface area contributed by atoms with Gasteiger partial charge in [0.1, 0.15) is 11.0 Å². The van der Waals surface area contributed by atoms with E-state index in [0.717, 1.165) is 24.1 Å². The van der Waals surface area contributed by atoms with Crippen molar-refractivity contribution < 1.29 is 0 Å². The Hall–Kier alpha value is -1.58. The van der Waals surface area contributed by atoms with E-state index in [2.05, 4.69) is 34.3 Å². The zero-order valence-corrected chi connectivity index (χ0v) is 8.85. The summed E-state index contributed by atoms with van der Waals surface area (Å²) in [7, 11) is 0. The van der Waals surface area contributed by atoms with E-state index in [1.54, 1.807) is 4.91 Å². The fourth-order valence-electron chi connectivity index (χ4n) is 2.02. The van der Waals surface area contributed by atoms with Crippen molar-refractivity contribution in [1.82, 2.24) is 15.1 Å². The minimum Gasteiger partial charge on any atom is -0.280 e. The monoisotopic (exact) mass is 202 g/mol. The van der Waals surface area contributed by atoms with Crippen LogP contribution in [0.25, 0.3) is 11.0 Å². The average Bonchev–Trinajstić information content (AvgIpc) is 2.84. The van der Waals surface area contributed by atoms with Crippen molar-refractivity contribution in [2.75, 3.05) is 18.1 Å². The van der Waals surface area contributed by atoms with Crippen molar-refractivity contribution in [3.05, 3.63) is 23.8 Å². The van der Waals surface area contributed by atoms with E-state index in [-0.39, 0.29) is 0 Å². The molecule has 0 N–H and O–H groups in total. The van der Waals surface area contributed by atoms with Crippen LogP contribution in [0.3, 0.4) is 0 Å². The normalized spacial score (nSPS) is 16.5. The summed E-state index contributed by atoms with van der Waals surface area (Å²) in [5.74, 6) is 0. The molecule has 0 amide bonds. The number of hydrogen-bond donors (Lipinski definition) is 0. The van der Waals surface area contributed by atoms with Crippen LogP contribution in [-0.2, 0) is 0 Å². The maximum atomic E-state index is 4.49. The van der Waals surface area contributed by atoms with Crippen LogP contribution < -0.4 is 5.01 Å².